The third-order valence-corrected chi connectivity index (χ3v) is 3.53. The van der Waals surface area contributed by atoms with Crippen LogP contribution in [0.4, 0.5) is 5.82 Å². The number of hydrogen-bond donors (Lipinski definition) is 2. The Kier molecular flexibility index (Phi) is 4.99. The Morgan fingerprint density at radius 1 is 1.58 bits per heavy atom. The minimum absolute atomic E-state index is 0.0630. The van der Waals surface area contributed by atoms with Crippen molar-refractivity contribution in [1.29, 1.82) is 0 Å². The fourth-order valence-electron chi connectivity index (χ4n) is 2.12. The van der Waals surface area contributed by atoms with Gasteiger partial charge in [0.15, 0.2) is 0 Å². The van der Waals surface area contributed by atoms with Crippen LogP contribution in [0.3, 0.4) is 0 Å². The van der Waals surface area contributed by atoms with E-state index in [4.69, 9.17) is 21.4 Å². The Hall–Kier alpha value is -1.33. The van der Waals surface area contributed by atoms with Crippen molar-refractivity contribution in [3.63, 3.8) is 0 Å². The highest BCUT2D eigenvalue weighted by Crippen LogP contribution is 2.24. The lowest BCUT2D eigenvalue weighted by molar-refractivity contribution is 0.0134. The van der Waals surface area contributed by atoms with Gasteiger partial charge in [0.05, 0.1) is 16.7 Å². The largest absolute Gasteiger partial charge is 0.478 e. The molecule has 5 nitrogen and oxygen atoms in total. The molecule has 0 aromatic carbocycles. The van der Waals surface area contributed by atoms with Crippen LogP contribution >= 0.6 is 11.6 Å². The maximum atomic E-state index is 10.9. The summed E-state index contributed by atoms with van der Waals surface area (Å²) in [5, 5.41) is 12.2. The molecule has 1 aromatic rings. The molecule has 1 aliphatic rings. The minimum Gasteiger partial charge on any atom is -0.478 e. The van der Waals surface area contributed by atoms with E-state index >= 15 is 0 Å². The number of carboxylic acid groups (broad SMARTS) is 1. The van der Waals surface area contributed by atoms with Crippen molar-refractivity contribution in [2.24, 2.45) is 0 Å². The van der Waals surface area contributed by atoms with E-state index in [1.807, 2.05) is 0 Å². The van der Waals surface area contributed by atoms with E-state index in [0.717, 1.165) is 25.9 Å². The lowest BCUT2D eigenvalue weighted by Gasteiger charge is -2.22. The third-order valence-electron chi connectivity index (χ3n) is 3.15. The highest BCUT2D eigenvalue weighted by molar-refractivity contribution is 6.35. The number of aromatic nitrogens is 1. The quantitative estimate of drug-likeness (QED) is 0.870. The molecule has 2 N–H and O–H groups in total. The molecule has 2 rings (SSSR count). The van der Waals surface area contributed by atoms with E-state index in [0.29, 0.717) is 12.4 Å². The topological polar surface area (TPSA) is 71.5 Å². The standard InChI is InChI=1S/C13H17ClN2O3/c14-11-10(13(17)18)5-7-16-12(11)15-6-4-9-3-1-2-8-19-9/h5,7,9H,1-4,6,8H2,(H,15,16)(H,17,18). The molecule has 0 saturated carbocycles. The van der Waals surface area contributed by atoms with E-state index in [2.05, 4.69) is 10.3 Å². The molecule has 1 fully saturated rings. The van der Waals surface area contributed by atoms with Crippen LogP contribution in [0.2, 0.25) is 5.02 Å². The molecule has 104 valence electrons. The molecule has 0 amide bonds. The number of nitrogens with zero attached hydrogens (tertiary/aromatic N) is 1. The maximum absolute atomic E-state index is 10.9. The first-order valence-corrected chi connectivity index (χ1v) is 6.79. The van der Waals surface area contributed by atoms with Crippen molar-refractivity contribution in [3.05, 3.63) is 22.8 Å². The van der Waals surface area contributed by atoms with E-state index in [-0.39, 0.29) is 16.7 Å². The number of hydrogen-bond acceptors (Lipinski definition) is 4. The van der Waals surface area contributed by atoms with Crippen LogP contribution in [0, 0.1) is 0 Å². The molecule has 1 saturated heterocycles. The van der Waals surface area contributed by atoms with Gasteiger partial charge in [-0.3, -0.25) is 0 Å². The molecule has 1 atom stereocenters. The average Bonchev–Trinajstić information content (AvgIpc) is 2.41. The van der Waals surface area contributed by atoms with Gasteiger partial charge in [-0.2, -0.15) is 0 Å². The molecule has 1 aliphatic heterocycles. The van der Waals surface area contributed by atoms with Crippen molar-refractivity contribution in [3.8, 4) is 0 Å². The van der Waals surface area contributed by atoms with Gasteiger partial charge in [-0.25, -0.2) is 9.78 Å². The van der Waals surface area contributed by atoms with Gasteiger partial charge in [0.1, 0.15) is 5.82 Å². The number of ether oxygens (including phenoxy) is 1. The van der Waals surface area contributed by atoms with Crippen LogP contribution in [0.15, 0.2) is 12.3 Å². The minimum atomic E-state index is -1.05. The average molecular weight is 285 g/mol. The van der Waals surface area contributed by atoms with Gasteiger partial charge >= 0.3 is 5.97 Å². The number of halogens is 1. The number of anilines is 1. The molecule has 0 bridgehead atoms. The number of carboxylic acids is 1. The summed E-state index contributed by atoms with van der Waals surface area (Å²) in [7, 11) is 0. The summed E-state index contributed by atoms with van der Waals surface area (Å²) in [4.78, 5) is 15.0. The number of nitrogens with one attached hydrogen (secondary N) is 1. The Balaban J connectivity index is 1.88. The first-order chi connectivity index (χ1) is 9.18. The Bertz CT molecular complexity index is 448. The van der Waals surface area contributed by atoms with Crippen molar-refractivity contribution in [2.75, 3.05) is 18.5 Å². The molecule has 0 radical (unpaired) electrons. The highest BCUT2D eigenvalue weighted by atomic mass is 35.5. The number of aromatic carboxylic acids is 1. The predicted octanol–water partition coefficient (Wildman–Crippen LogP) is 2.80. The summed E-state index contributed by atoms with van der Waals surface area (Å²) in [6.07, 6.45) is 6.01. The van der Waals surface area contributed by atoms with Crippen molar-refractivity contribution >= 4 is 23.4 Å². The van der Waals surface area contributed by atoms with E-state index in [9.17, 15) is 4.79 Å². The zero-order valence-electron chi connectivity index (χ0n) is 10.6. The summed E-state index contributed by atoms with van der Waals surface area (Å²) in [6, 6.07) is 1.39. The maximum Gasteiger partial charge on any atom is 0.337 e. The van der Waals surface area contributed by atoms with Gasteiger partial charge in [-0.1, -0.05) is 11.6 Å². The van der Waals surface area contributed by atoms with Gasteiger partial charge in [0.2, 0.25) is 0 Å². The Labute approximate surface area is 116 Å². The molecule has 0 spiro atoms. The van der Waals surface area contributed by atoms with E-state index < -0.39 is 5.97 Å². The molecular weight excluding hydrogens is 268 g/mol. The number of carbonyl (C=O) groups is 1. The monoisotopic (exact) mass is 284 g/mol. The van der Waals surface area contributed by atoms with Crippen molar-refractivity contribution in [2.45, 2.75) is 31.8 Å². The zero-order valence-corrected chi connectivity index (χ0v) is 11.3. The zero-order chi connectivity index (χ0) is 13.7. The highest BCUT2D eigenvalue weighted by Gasteiger charge is 2.15. The molecule has 2 heterocycles. The summed E-state index contributed by atoms with van der Waals surface area (Å²) in [6.45, 7) is 1.50. The Morgan fingerprint density at radius 3 is 3.11 bits per heavy atom. The summed E-state index contributed by atoms with van der Waals surface area (Å²) in [5.74, 6) is -0.636. The molecule has 1 aromatic heterocycles. The van der Waals surface area contributed by atoms with E-state index in [1.54, 1.807) is 0 Å². The second kappa shape index (κ2) is 6.73. The second-order valence-corrected chi connectivity index (χ2v) is 4.91. The van der Waals surface area contributed by atoms with Crippen molar-refractivity contribution in [1.82, 2.24) is 4.98 Å². The smallest absolute Gasteiger partial charge is 0.337 e. The van der Waals surface area contributed by atoms with Gasteiger partial charge in [0.25, 0.3) is 0 Å². The summed E-state index contributed by atoms with van der Waals surface area (Å²) < 4.78 is 5.62. The van der Waals surface area contributed by atoms with Gasteiger partial charge < -0.3 is 15.2 Å². The molecular formula is C13H17ClN2O3. The first kappa shape index (κ1) is 14.1. The SMILES string of the molecule is O=C(O)c1ccnc(NCCC2CCCCO2)c1Cl. The molecule has 6 heteroatoms. The number of rotatable bonds is 5. The number of pyridine rings is 1. The van der Waals surface area contributed by atoms with Gasteiger partial charge in [-0.05, 0) is 31.7 Å². The van der Waals surface area contributed by atoms with Crippen LogP contribution in [0.25, 0.3) is 0 Å². The first-order valence-electron chi connectivity index (χ1n) is 6.41. The third kappa shape index (κ3) is 3.81. The fraction of sp³-hybridized carbons (Fsp3) is 0.538. The fourth-order valence-corrected chi connectivity index (χ4v) is 2.38. The van der Waals surface area contributed by atoms with Gasteiger partial charge in [0, 0.05) is 19.3 Å². The predicted molar refractivity (Wildman–Crippen MR) is 72.9 cm³/mol. The van der Waals surface area contributed by atoms with Crippen LogP contribution < -0.4 is 5.32 Å². The lowest BCUT2D eigenvalue weighted by atomic mass is 10.1. The summed E-state index contributed by atoms with van der Waals surface area (Å²) >= 11 is 5.99. The van der Waals surface area contributed by atoms with Crippen LogP contribution in [-0.2, 0) is 4.74 Å². The van der Waals surface area contributed by atoms with Crippen LogP contribution in [0.5, 0.6) is 0 Å². The second-order valence-electron chi connectivity index (χ2n) is 4.53. The molecule has 19 heavy (non-hydrogen) atoms. The van der Waals surface area contributed by atoms with Crippen LogP contribution in [0.1, 0.15) is 36.0 Å². The summed E-state index contributed by atoms with van der Waals surface area (Å²) in [5.41, 5.74) is 0.0630. The molecule has 0 aliphatic carbocycles. The van der Waals surface area contributed by atoms with Crippen molar-refractivity contribution < 1.29 is 14.6 Å². The molecule has 1 unspecified atom stereocenters. The van der Waals surface area contributed by atoms with E-state index in [1.165, 1.54) is 18.7 Å². The van der Waals surface area contributed by atoms with Gasteiger partial charge in [-0.15, -0.1) is 0 Å². The lowest BCUT2D eigenvalue weighted by Crippen LogP contribution is -2.22. The Morgan fingerprint density at radius 2 is 2.42 bits per heavy atom. The normalized spacial score (nSPS) is 19.1. The van der Waals surface area contributed by atoms with Crippen LogP contribution in [-0.4, -0.2) is 35.3 Å².